The molecule has 23 heavy (non-hydrogen) atoms. The summed E-state index contributed by atoms with van der Waals surface area (Å²) in [6, 6.07) is 0. The number of nitrogens with zero attached hydrogens (tertiary/aromatic N) is 2. The highest BCUT2D eigenvalue weighted by Crippen LogP contribution is 2.38. The molecule has 0 bridgehead atoms. The van der Waals surface area contributed by atoms with Crippen LogP contribution in [0.15, 0.2) is 0 Å². The van der Waals surface area contributed by atoms with Gasteiger partial charge in [-0.05, 0) is 58.3 Å². The van der Waals surface area contributed by atoms with E-state index in [0.29, 0.717) is 19.0 Å². The third kappa shape index (κ3) is 3.81. The van der Waals surface area contributed by atoms with Crippen LogP contribution in [-0.4, -0.2) is 53.6 Å². The molecule has 2 heterocycles. The van der Waals surface area contributed by atoms with Crippen molar-refractivity contribution in [3.63, 3.8) is 0 Å². The Morgan fingerprint density at radius 3 is 2.00 bits per heavy atom. The van der Waals surface area contributed by atoms with Gasteiger partial charge >= 0.3 is 6.09 Å². The Morgan fingerprint density at radius 2 is 1.48 bits per heavy atom. The van der Waals surface area contributed by atoms with E-state index >= 15 is 0 Å². The highest BCUT2D eigenvalue weighted by molar-refractivity contribution is 5.79. The van der Waals surface area contributed by atoms with Gasteiger partial charge in [-0.2, -0.15) is 0 Å². The van der Waals surface area contributed by atoms with E-state index in [0.717, 1.165) is 37.8 Å². The number of carbonyl (C=O) groups is 2. The average molecular weight is 322 g/mol. The van der Waals surface area contributed by atoms with Gasteiger partial charge in [-0.3, -0.25) is 4.79 Å². The molecule has 0 N–H and O–H groups in total. The molecular formula is C18H30N2O3. The normalized spacial score (nSPS) is 28.8. The first-order chi connectivity index (χ1) is 10.8. The largest absolute Gasteiger partial charge is 0.444 e. The molecule has 0 radical (unpaired) electrons. The topological polar surface area (TPSA) is 49.9 Å². The van der Waals surface area contributed by atoms with Crippen LogP contribution in [0, 0.1) is 17.8 Å². The fraction of sp³-hybridized carbons (Fsp3) is 0.889. The molecule has 5 nitrogen and oxygen atoms in total. The Labute approximate surface area is 139 Å². The minimum atomic E-state index is -0.461. The molecular weight excluding hydrogens is 292 g/mol. The van der Waals surface area contributed by atoms with Crippen LogP contribution in [0.3, 0.4) is 0 Å². The van der Waals surface area contributed by atoms with E-state index in [9.17, 15) is 9.59 Å². The third-order valence-corrected chi connectivity index (χ3v) is 5.53. The van der Waals surface area contributed by atoms with E-state index in [1.165, 1.54) is 19.3 Å². The van der Waals surface area contributed by atoms with Crippen LogP contribution in [-0.2, 0) is 9.53 Å². The van der Waals surface area contributed by atoms with Gasteiger partial charge in [-0.1, -0.05) is 6.42 Å². The number of ether oxygens (including phenoxy) is 1. The van der Waals surface area contributed by atoms with E-state index in [4.69, 9.17) is 4.74 Å². The molecule has 5 heteroatoms. The molecule has 2 unspecified atom stereocenters. The second-order valence-electron chi connectivity index (χ2n) is 8.44. The predicted molar refractivity (Wildman–Crippen MR) is 87.9 cm³/mol. The summed E-state index contributed by atoms with van der Waals surface area (Å²) in [6.07, 6.45) is 5.22. The van der Waals surface area contributed by atoms with Gasteiger partial charge in [0.1, 0.15) is 5.60 Å². The summed E-state index contributed by atoms with van der Waals surface area (Å²) in [5.41, 5.74) is -0.461. The summed E-state index contributed by atoms with van der Waals surface area (Å²) in [5, 5.41) is 0. The van der Waals surface area contributed by atoms with Crippen molar-refractivity contribution in [1.29, 1.82) is 0 Å². The van der Waals surface area contributed by atoms with Crippen LogP contribution < -0.4 is 0 Å². The summed E-state index contributed by atoms with van der Waals surface area (Å²) < 4.78 is 5.41. The molecule has 0 aromatic rings. The SMILES string of the molecule is CC(C)(C)OC(=O)N1CCC(C(=O)N2CC3CCCC3C2)CC1. The van der Waals surface area contributed by atoms with Crippen LogP contribution in [0.1, 0.15) is 52.9 Å². The van der Waals surface area contributed by atoms with Gasteiger partial charge in [-0.25, -0.2) is 4.79 Å². The molecule has 2 saturated heterocycles. The van der Waals surface area contributed by atoms with Crippen LogP contribution >= 0.6 is 0 Å². The molecule has 3 fully saturated rings. The molecule has 1 saturated carbocycles. The van der Waals surface area contributed by atoms with Crippen molar-refractivity contribution in [2.45, 2.75) is 58.5 Å². The minimum absolute atomic E-state index is 0.0903. The number of rotatable bonds is 1. The maximum absolute atomic E-state index is 12.7. The maximum Gasteiger partial charge on any atom is 0.410 e. The zero-order chi connectivity index (χ0) is 16.6. The van der Waals surface area contributed by atoms with Gasteiger partial charge < -0.3 is 14.5 Å². The number of piperidine rings is 1. The van der Waals surface area contributed by atoms with Crippen LogP contribution in [0.25, 0.3) is 0 Å². The van der Waals surface area contributed by atoms with E-state index in [1.807, 2.05) is 20.8 Å². The molecule has 0 aromatic heterocycles. The second kappa shape index (κ2) is 6.33. The van der Waals surface area contributed by atoms with Crippen molar-refractivity contribution < 1.29 is 14.3 Å². The number of fused-ring (bicyclic) bond motifs is 1. The van der Waals surface area contributed by atoms with Gasteiger partial charge in [0.25, 0.3) is 0 Å². The zero-order valence-corrected chi connectivity index (χ0v) is 14.7. The molecule has 1 aliphatic carbocycles. The lowest BCUT2D eigenvalue weighted by Crippen LogP contribution is -2.45. The van der Waals surface area contributed by atoms with Crippen molar-refractivity contribution in [2.24, 2.45) is 17.8 Å². The molecule has 2 atom stereocenters. The number of likely N-dealkylation sites (tertiary alicyclic amines) is 2. The Kier molecular flexibility index (Phi) is 4.56. The molecule has 130 valence electrons. The minimum Gasteiger partial charge on any atom is -0.444 e. The van der Waals surface area contributed by atoms with Crippen molar-refractivity contribution in [2.75, 3.05) is 26.2 Å². The Bertz CT molecular complexity index is 451. The Morgan fingerprint density at radius 1 is 0.913 bits per heavy atom. The lowest BCUT2D eigenvalue weighted by molar-refractivity contribution is -0.136. The van der Waals surface area contributed by atoms with Gasteiger partial charge in [0, 0.05) is 32.1 Å². The predicted octanol–water partition coefficient (Wildman–Crippen LogP) is 2.89. The van der Waals surface area contributed by atoms with Crippen molar-refractivity contribution >= 4 is 12.0 Å². The zero-order valence-electron chi connectivity index (χ0n) is 14.7. The molecule has 0 aromatic carbocycles. The van der Waals surface area contributed by atoms with Gasteiger partial charge in [0.15, 0.2) is 0 Å². The molecule has 0 spiro atoms. The quantitative estimate of drug-likeness (QED) is 0.746. The lowest BCUT2D eigenvalue weighted by Gasteiger charge is -2.34. The van der Waals surface area contributed by atoms with Crippen molar-refractivity contribution in [3.8, 4) is 0 Å². The summed E-state index contributed by atoms with van der Waals surface area (Å²) in [6.45, 7) is 8.84. The number of hydrogen-bond acceptors (Lipinski definition) is 3. The molecule has 2 aliphatic heterocycles. The molecule has 3 rings (SSSR count). The first kappa shape index (κ1) is 16.6. The highest BCUT2D eigenvalue weighted by atomic mass is 16.6. The van der Waals surface area contributed by atoms with E-state index in [2.05, 4.69) is 4.90 Å². The standard InChI is InChI=1S/C18H30N2O3/c1-18(2,3)23-17(22)19-9-7-13(8-10-19)16(21)20-11-14-5-4-6-15(14)12-20/h13-15H,4-12H2,1-3H3. The summed E-state index contributed by atoms with van der Waals surface area (Å²) in [5.74, 6) is 1.91. The van der Waals surface area contributed by atoms with Crippen molar-refractivity contribution in [1.82, 2.24) is 9.80 Å². The number of amides is 2. The maximum atomic E-state index is 12.7. The fourth-order valence-corrected chi connectivity index (χ4v) is 4.31. The van der Waals surface area contributed by atoms with Gasteiger partial charge in [0.2, 0.25) is 5.91 Å². The van der Waals surface area contributed by atoms with Gasteiger partial charge in [-0.15, -0.1) is 0 Å². The monoisotopic (exact) mass is 322 g/mol. The second-order valence-corrected chi connectivity index (χ2v) is 8.44. The summed E-state index contributed by atoms with van der Waals surface area (Å²) in [7, 11) is 0. The third-order valence-electron chi connectivity index (χ3n) is 5.53. The van der Waals surface area contributed by atoms with E-state index < -0.39 is 5.60 Å². The lowest BCUT2D eigenvalue weighted by atomic mass is 9.95. The first-order valence-electron chi connectivity index (χ1n) is 9.10. The Balaban J connectivity index is 1.47. The fourth-order valence-electron chi connectivity index (χ4n) is 4.31. The van der Waals surface area contributed by atoms with E-state index in [-0.39, 0.29) is 12.0 Å². The highest BCUT2D eigenvalue weighted by Gasteiger charge is 2.40. The van der Waals surface area contributed by atoms with Crippen LogP contribution in [0.5, 0.6) is 0 Å². The summed E-state index contributed by atoms with van der Waals surface area (Å²) in [4.78, 5) is 28.7. The first-order valence-corrected chi connectivity index (χ1v) is 9.10. The average Bonchev–Trinajstić information content (AvgIpc) is 3.06. The van der Waals surface area contributed by atoms with Crippen molar-refractivity contribution in [3.05, 3.63) is 0 Å². The smallest absolute Gasteiger partial charge is 0.410 e. The Hall–Kier alpha value is -1.26. The van der Waals surface area contributed by atoms with Gasteiger partial charge in [0.05, 0.1) is 0 Å². The number of carbonyl (C=O) groups excluding carboxylic acids is 2. The van der Waals surface area contributed by atoms with E-state index in [1.54, 1.807) is 4.90 Å². The molecule has 3 aliphatic rings. The van der Waals surface area contributed by atoms with Crippen LogP contribution in [0.2, 0.25) is 0 Å². The summed E-state index contributed by atoms with van der Waals surface area (Å²) >= 11 is 0. The molecule has 2 amide bonds. The number of hydrogen-bond donors (Lipinski definition) is 0. The van der Waals surface area contributed by atoms with Crippen LogP contribution in [0.4, 0.5) is 4.79 Å².